The first-order chi connectivity index (χ1) is 7.81. The summed E-state index contributed by atoms with van der Waals surface area (Å²) in [4.78, 5) is 11.2. The van der Waals surface area contributed by atoms with Crippen LogP contribution in [0.15, 0.2) is 18.2 Å². The average Bonchev–Trinajstić information content (AvgIpc) is 2.20. The highest BCUT2D eigenvalue weighted by atomic mass is 79.9. The van der Waals surface area contributed by atoms with E-state index >= 15 is 0 Å². The van der Waals surface area contributed by atoms with Gasteiger partial charge in [-0.3, -0.25) is 4.79 Å². The summed E-state index contributed by atoms with van der Waals surface area (Å²) in [6.07, 6.45) is -4.80. The van der Waals surface area contributed by atoms with Crippen molar-refractivity contribution in [2.75, 3.05) is 5.33 Å². The predicted molar refractivity (Wildman–Crippen MR) is 60.6 cm³/mol. The number of carbonyl (C=O) groups is 1. The molecule has 0 N–H and O–H groups in total. The first-order valence-electron chi connectivity index (χ1n) is 4.43. The van der Waals surface area contributed by atoms with Crippen LogP contribution < -0.4 is 4.74 Å². The summed E-state index contributed by atoms with van der Waals surface area (Å²) in [6.45, 7) is 0. The SMILES string of the molecule is O=C(CBr)Cc1cc(OC(F)(F)F)ccc1Cl. The second-order valence-corrected chi connectivity index (χ2v) is 4.12. The maximum Gasteiger partial charge on any atom is 0.573 e. The predicted octanol–water partition coefficient (Wildman–Crippen LogP) is 3.75. The van der Waals surface area contributed by atoms with Gasteiger partial charge in [0.05, 0.1) is 5.33 Å². The third-order valence-electron chi connectivity index (χ3n) is 1.79. The molecule has 0 saturated carbocycles. The fourth-order valence-electron chi connectivity index (χ4n) is 1.14. The topological polar surface area (TPSA) is 26.3 Å². The molecule has 0 unspecified atom stereocenters. The highest BCUT2D eigenvalue weighted by Gasteiger charge is 2.31. The van der Waals surface area contributed by atoms with Crippen LogP contribution in [-0.2, 0) is 11.2 Å². The molecule has 7 heteroatoms. The monoisotopic (exact) mass is 330 g/mol. The van der Waals surface area contributed by atoms with Crippen LogP contribution in [0.1, 0.15) is 5.56 Å². The van der Waals surface area contributed by atoms with Gasteiger partial charge < -0.3 is 4.74 Å². The van der Waals surface area contributed by atoms with Crippen molar-refractivity contribution in [3.8, 4) is 5.75 Å². The van der Waals surface area contributed by atoms with Crippen LogP contribution in [-0.4, -0.2) is 17.5 Å². The molecule has 0 spiro atoms. The second-order valence-electron chi connectivity index (χ2n) is 3.15. The third kappa shape index (κ3) is 4.95. The quantitative estimate of drug-likeness (QED) is 0.786. The molecule has 1 rings (SSSR count). The molecule has 1 aromatic rings. The molecule has 0 aliphatic heterocycles. The van der Waals surface area contributed by atoms with Gasteiger partial charge >= 0.3 is 6.36 Å². The Morgan fingerprint density at radius 3 is 2.59 bits per heavy atom. The van der Waals surface area contributed by atoms with E-state index in [1.807, 2.05) is 0 Å². The van der Waals surface area contributed by atoms with Crippen molar-refractivity contribution in [2.24, 2.45) is 0 Å². The fraction of sp³-hybridized carbons (Fsp3) is 0.300. The Balaban J connectivity index is 2.90. The minimum absolute atomic E-state index is 0.0425. The van der Waals surface area contributed by atoms with Crippen LogP contribution >= 0.6 is 27.5 Å². The minimum Gasteiger partial charge on any atom is -0.406 e. The van der Waals surface area contributed by atoms with Crippen LogP contribution in [0.4, 0.5) is 13.2 Å². The van der Waals surface area contributed by atoms with Crippen LogP contribution in [0, 0.1) is 0 Å². The van der Waals surface area contributed by atoms with E-state index in [4.69, 9.17) is 11.6 Å². The molecule has 0 aliphatic carbocycles. The molecule has 1 aromatic carbocycles. The Morgan fingerprint density at radius 2 is 2.06 bits per heavy atom. The molecule has 0 radical (unpaired) electrons. The van der Waals surface area contributed by atoms with Crippen LogP contribution in [0.2, 0.25) is 5.02 Å². The van der Waals surface area contributed by atoms with Gasteiger partial charge in [-0.1, -0.05) is 27.5 Å². The number of hydrogen-bond acceptors (Lipinski definition) is 2. The van der Waals surface area contributed by atoms with E-state index in [1.165, 1.54) is 6.07 Å². The van der Waals surface area contributed by atoms with Crippen molar-refractivity contribution in [1.29, 1.82) is 0 Å². The van der Waals surface area contributed by atoms with Gasteiger partial charge in [0.1, 0.15) is 11.5 Å². The van der Waals surface area contributed by atoms with Crippen LogP contribution in [0.3, 0.4) is 0 Å². The molecule has 0 saturated heterocycles. The number of carbonyl (C=O) groups excluding carboxylic acids is 1. The summed E-state index contributed by atoms with van der Waals surface area (Å²) in [7, 11) is 0. The van der Waals surface area contributed by atoms with Gasteiger partial charge in [-0.25, -0.2) is 0 Å². The standard InChI is InChI=1S/C10H7BrClF3O2/c11-5-7(16)3-6-4-8(1-2-9(6)12)17-10(13,14)15/h1-2,4H,3,5H2. The Kier molecular flexibility index (Phi) is 4.82. The summed E-state index contributed by atoms with van der Waals surface area (Å²) in [5.74, 6) is -0.574. The summed E-state index contributed by atoms with van der Waals surface area (Å²) < 4.78 is 39.6. The molecule has 2 nitrogen and oxygen atoms in total. The lowest BCUT2D eigenvalue weighted by Gasteiger charge is -2.10. The highest BCUT2D eigenvalue weighted by molar-refractivity contribution is 9.09. The average molecular weight is 332 g/mol. The number of rotatable bonds is 4. The zero-order valence-corrected chi connectivity index (χ0v) is 10.7. The molecule has 0 bridgehead atoms. The Morgan fingerprint density at radius 1 is 1.41 bits per heavy atom. The molecular formula is C10H7BrClF3O2. The van der Waals surface area contributed by atoms with E-state index in [0.717, 1.165) is 12.1 Å². The van der Waals surface area contributed by atoms with E-state index in [-0.39, 0.29) is 28.3 Å². The maximum atomic E-state index is 12.0. The molecule has 0 amide bonds. The number of hydrogen-bond donors (Lipinski definition) is 0. The zero-order chi connectivity index (χ0) is 13.1. The van der Waals surface area contributed by atoms with Crippen molar-refractivity contribution in [1.82, 2.24) is 0 Å². The molecule has 94 valence electrons. The van der Waals surface area contributed by atoms with Gasteiger partial charge in [0, 0.05) is 11.4 Å². The number of benzene rings is 1. The van der Waals surface area contributed by atoms with Gasteiger partial charge in [-0.05, 0) is 23.8 Å². The molecule has 0 aliphatic rings. The normalized spacial score (nSPS) is 11.4. The van der Waals surface area contributed by atoms with Crippen LogP contribution in [0.5, 0.6) is 5.75 Å². The van der Waals surface area contributed by atoms with E-state index in [9.17, 15) is 18.0 Å². The maximum absolute atomic E-state index is 12.0. The van der Waals surface area contributed by atoms with Crippen molar-refractivity contribution >= 4 is 33.3 Å². The molecule has 0 heterocycles. The first-order valence-corrected chi connectivity index (χ1v) is 5.93. The number of Topliss-reactive ketones (excluding diaryl/α,β-unsaturated/α-hetero) is 1. The number of ketones is 1. The number of ether oxygens (including phenoxy) is 1. The Bertz CT molecular complexity index is 421. The van der Waals surface area contributed by atoms with E-state index in [2.05, 4.69) is 20.7 Å². The van der Waals surface area contributed by atoms with Crippen molar-refractivity contribution in [3.05, 3.63) is 28.8 Å². The summed E-state index contributed by atoms with van der Waals surface area (Å²) in [6, 6.07) is 3.47. The van der Waals surface area contributed by atoms with Crippen molar-refractivity contribution < 1.29 is 22.7 Å². The van der Waals surface area contributed by atoms with E-state index in [1.54, 1.807) is 0 Å². The Hall–Kier alpha value is -0.750. The van der Waals surface area contributed by atoms with Gasteiger partial charge in [-0.15, -0.1) is 13.2 Å². The number of halogens is 5. The van der Waals surface area contributed by atoms with Gasteiger partial charge in [-0.2, -0.15) is 0 Å². The third-order valence-corrected chi connectivity index (χ3v) is 2.78. The van der Waals surface area contributed by atoms with E-state index < -0.39 is 6.36 Å². The minimum atomic E-state index is -4.76. The van der Waals surface area contributed by atoms with Crippen molar-refractivity contribution in [3.63, 3.8) is 0 Å². The van der Waals surface area contributed by atoms with Gasteiger partial charge in [0.2, 0.25) is 0 Å². The largest absolute Gasteiger partial charge is 0.573 e. The molecule has 0 aromatic heterocycles. The van der Waals surface area contributed by atoms with Crippen molar-refractivity contribution in [2.45, 2.75) is 12.8 Å². The summed E-state index contributed by atoms with van der Waals surface area (Å²) in [5, 5.41) is 0.349. The van der Waals surface area contributed by atoms with Gasteiger partial charge in [0.25, 0.3) is 0 Å². The molecule has 17 heavy (non-hydrogen) atoms. The van der Waals surface area contributed by atoms with E-state index in [0.29, 0.717) is 5.56 Å². The second kappa shape index (κ2) is 5.73. The lowest BCUT2D eigenvalue weighted by molar-refractivity contribution is -0.274. The summed E-state index contributed by atoms with van der Waals surface area (Å²) in [5.41, 5.74) is 0.304. The highest BCUT2D eigenvalue weighted by Crippen LogP contribution is 2.27. The smallest absolute Gasteiger partial charge is 0.406 e. The van der Waals surface area contributed by atoms with Crippen LogP contribution in [0.25, 0.3) is 0 Å². The Labute approximate surface area is 109 Å². The van der Waals surface area contributed by atoms with Gasteiger partial charge in [0.15, 0.2) is 0 Å². The molecule has 0 fully saturated rings. The molecular weight excluding hydrogens is 324 g/mol. The lowest BCUT2D eigenvalue weighted by atomic mass is 10.1. The first kappa shape index (κ1) is 14.3. The zero-order valence-electron chi connectivity index (χ0n) is 8.35. The lowest BCUT2D eigenvalue weighted by Crippen LogP contribution is -2.17. The summed E-state index contributed by atoms with van der Waals surface area (Å²) >= 11 is 8.72. The number of alkyl halides is 4. The molecule has 0 atom stereocenters. The fourth-order valence-corrected chi connectivity index (χ4v) is 1.53.